The number of aromatic nitrogens is 2. The largest absolute Gasteiger partial charge is 0.421 e. The number of hydrogen-bond donors (Lipinski definition) is 2. The molecule has 1 rings (SSSR count). The van der Waals surface area contributed by atoms with E-state index < -0.39 is 11.7 Å². The molecule has 1 heterocycles. The van der Waals surface area contributed by atoms with Gasteiger partial charge >= 0.3 is 6.18 Å². The normalized spacial score (nSPS) is 13.8. The van der Waals surface area contributed by atoms with Gasteiger partial charge in [0.05, 0.1) is 6.07 Å². The second-order valence-electron chi connectivity index (χ2n) is 7.31. The third kappa shape index (κ3) is 10.9. The van der Waals surface area contributed by atoms with E-state index in [1.807, 2.05) is 58.1 Å². The zero-order valence-electron chi connectivity index (χ0n) is 20.6. The van der Waals surface area contributed by atoms with Gasteiger partial charge in [-0.15, -0.1) is 0 Å². The quantitative estimate of drug-likeness (QED) is 0.368. The first kappa shape index (κ1) is 29.9. The summed E-state index contributed by atoms with van der Waals surface area (Å²) in [6.45, 7) is 11.9. The Morgan fingerprint density at radius 3 is 2.33 bits per heavy atom. The Bertz CT molecular complexity index is 890. The first-order chi connectivity index (χ1) is 15.6. The Morgan fingerprint density at radius 1 is 1.24 bits per heavy atom. The fraction of sp³-hybridized carbons (Fsp3) is 0.480. The van der Waals surface area contributed by atoms with Gasteiger partial charge in [0.1, 0.15) is 11.4 Å². The summed E-state index contributed by atoms with van der Waals surface area (Å²) in [4.78, 5) is 7.77. The maximum Gasteiger partial charge on any atom is 0.421 e. The average molecular weight is 464 g/mol. The number of nitrogens with one attached hydrogen (secondary N) is 2. The summed E-state index contributed by atoms with van der Waals surface area (Å²) in [7, 11) is 1.39. The second-order valence-corrected chi connectivity index (χ2v) is 7.31. The summed E-state index contributed by atoms with van der Waals surface area (Å²) in [5, 5.41) is 13.6. The van der Waals surface area contributed by atoms with Crippen molar-refractivity contribution in [3.8, 4) is 6.07 Å². The predicted octanol–water partition coefficient (Wildman–Crippen LogP) is 7.66. The van der Waals surface area contributed by atoms with E-state index in [0.717, 1.165) is 30.2 Å². The van der Waals surface area contributed by atoms with E-state index in [-0.39, 0.29) is 11.8 Å². The molecule has 0 aromatic carbocycles. The molecule has 1 aromatic rings. The lowest BCUT2D eigenvalue weighted by atomic mass is 10.0. The van der Waals surface area contributed by atoms with Crippen LogP contribution >= 0.6 is 0 Å². The molecule has 0 saturated carbocycles. The molecule has 0 aliphatic rings. The number of nitriles is 1. The molecular formula is C25H36F3N5. The second kappa shape index (κ2) is 15.7. The zero-order chi connectivity index (χ0) is 25.4. The minimum Gasteiger partial charge on any atom is -0.372 e. The Labute approximate surface area is 196 Å². The molecule has 33 heavy (non-hydrogen) atoms. The lowest BCUT2D eigenvalue weighted by molar-refractivity contribution is -0.137. The topological polar surface area (TPSA) is 73.6 Å². The highest BCUT2D eigenvalue weighted by Crippen LogP contribution is 2.33. The van der Waals surface area contributed by atoms with E-state index in [4.69, 9.17) is 5.26 Å². The molecule has 0 spiro atoms. The van der Waals surface area contributed by atoms with Crippen LogP contribution in [-0.4, -0.2) is 17.0 Å². The van der Waals surface area contributed by atoms with E-state index in [1.165, 1.54) is 7.05 Å². The van der Waals surface area contributed by atoms with E-state index in [0.29, 0.717) is 18.0 Å². The molecule has 1 unspecified atom stereocenters. The number of halogens is 3. The standard InChI is InChI=1S/C19H25F3N4.C6H11N/c1-6-9-11-13(4)14(10-7-2)16(8-3)25-18-24-12-15(19(20,21)22)17(23-5)26-18;1-3-6(2)4-5-7/h7-12H,6H2,1-5H3,(H2,23,24,25,26);6H,3-4H2,1-2H3/b10-7-,11-9+,14-13+,16-8+;. The summed E-state index contributed by atoms with van der Waals surface area (Å²) >= 11 is 0. The number of allylic oxidation sites excluding steroid dienone is 6. The number of alkyl halides is 3. The lowest BCUT2D eigenvalue weighted by Crippen LogP contribution is -2.14. The van der Waals surface area contributed by atoms with Crippen molar-refractivity contribution < 1.29 is 13.2 Å². The molecule has 0 radical (unpaired) electrons. The number of nitrogens with zero attached hydrogens (tertiary/aromatic N) is 3. The molecule has 1 aromatic heterocycles. The Morgan fingerprint density at radius 2 is 1.91 bits per heavy atom. The van der Waals surface area contributed by atoms with Gasteiger partial charge in [0.2, 0.25) is 5.95 Å². The van der Waals surface area contributed by atoms with Crippen LogP contribution in [0.25, 0.3) is 0 Å². The monoisotopic (exact) mass is 463 g/mol. The minimum absolute atomic E-state index is 0.0877. The van der Waals surface area contributed by atoms with E-state index in [1.54, 1.807) is 0 Å². The van der Waals surface area contributed by atoms with E-state index >= 15 is 0 Å². The SMILES string of the molecule is CCC(C)CC#N.C\C=C/C(C(=C\C)/Nc1ncc(C(F)(F)F)c(NC)n1)=C(C)\C=C\CC. The van der Waals surface area contributed by atoms with Gasteiger partial charge in [0.15, 0.2) is 0 Å². The summed E-state index contributed by atoms with van der Waals surface area (Å²) in [5.41, 5.74) is 1.74. The zero-order valence-corrected chi connectivity index (χ0v) is 20.6. The van der Waals surface area contributed by atoms with Crippen LogP contribution in [0, 0.1) is 17.2 Å². The molecule has 0 amide bonds. The molecule has 0 fully saturated rings. The average Bonchev–Trinajstić information content (AvgIpc) is 2.79. The highest BCUT2D eigenvalue weighted by molar-refractivity contribution is 5.56. The smallest absolute Gasteiger partial charge is 0.372 e. The van der Waals surface area contributed by atoms with Crippen molar-refractivity contribution >= 4 is 11.8 Å². The van der Waals surface area contributed by atoms with Gasteiger partial charge in [-0.05, 0) is 38.7 Å². The highest BCUT2D eigenvalue weighted by atomic mass is 19.4. The van der Waals surface area contributed by atoms with Crippen molar-refractivity contribution in [1.82, 2.24) is 9.97 Å². The molecule has 0 aliphatic heterocycles. The highest BCUT2D eigenvalue weighted by Gasteiger charge is 2.35. The van der Waals surface area contributed by atoms with Gasteiger partial charge in [-0.2, -0.15) is 23.4 Å². The fourth-order valence-electron chi connectivity index (χ4n) is 2.54. The molecule has 0 saturated heterocycles. The summed E-state index contributed by atoms with van der Waals surface area (Å²) in [6, 6.07) is 2.12. The maximum absolute atomic E-state index is 13.0. The van der Waals surface area contributed by atoms with Gasteiger partial charge < -0.3 is 10.6 Å². The van der Waals surface area contributed by atoms with Crippen LogP contribution in [0.1, 0.15) is 66.4 Å². The van der Waals surface area contributed by atoms with Crippen LogP contribution in [0.4, 0.5) is 24.9 Å². The molecule has 2 N–H and O–H groups in total. The molecule has 0 bridgehead atoms. The maximum atomic E-state index is 13.0. The number of hydrogen-bond acceptors (Lipinski definition) is 5. The fourth-order valence-corrected chi connectivity index (χ4v) is 2.54. The third-order valence-corrected chi connectivity index (χ3v) is 4.65. The summed E-state index contributed by atoms with van der Waals surface area (Å²) < 4.78 is 38.9. The van der Waals surface area contributed by atoms with E-state index in [9.17, 15) is 13.2 Å². The summed E-state index contributed by atoms with van der Waals surface area (Å²) in [5.74, 6) is 0.402. The van der Waals surface area contributed by atoms with Gasteiger partial charge in [0.25, 0.3) is 0 Å². The van der Waals surface area contributed by atoms with Crippen LogP contribution in [0.2, 0.25) is 0 Å². The van der Waals surface area contributed by atoms with Crippen molar-refractivity contribution in [3.63, 3.8) is 0 Å². The van der Waals surface area contributed by atoms with Gasteiger partial charge in [-0.25, -0.2) is 4.98 Å². The number of anilines is 2. The number of rotatable bonds is 9. The van der Waals surface area contributed by atoms with Crippen LogP contribution in [0.15, 0.2) is 53.4 Å². The van der Waals surface area contributed by atoms with E-state index in [2.05, 4.69) is 40.5 Å². The molecule has 8 heteroatoms. The molecule has 182 valence electrons. The van der Waals surface area contributed by atoms with Crippen LogP contribution in [0.3, 0.4) is 0 Å². The van der Waals surface area contributed by atoms with Crippen LogP contribution in [0.5, 0.6) is 0 Å². The first-order valence-electron chi connectivity index (χ1n) is 11.0. The van der Waals surface area contributed by atoms with Crippen molar-refractivity contribution in [2.24, 2.45) is 5.92 Å². The van der Waals surface area contributed by atoms with Gasteiger partial charge in [-0.1, -0.05) is 57.6 Å². The lowest BCUT2D eigenvalue weighted by Gasteiger charge is -2.15. The van der Waals surface area contributed by atoms with Gasteiger partial charge in [-0.3, -0.25) is 0 Å². The first-order valence-corrected chi connectivity index (χ1v) is 11.0. The van der Waals surface area contributed by atoms with Crippen molar-refractivity contribution in [2.45, 2.75) is 67.0 Å². The summed E-state index contributed by atoms with van der Waals surface area (Å²) in [6.07, 6.45) is 8.70. The van der Waals surface area contributed by atoms with Gasteiger partial charge in [0, 0.05) is 30.9 Å². The molecular weight excluding hydrogens is 427 g/mol. The molecule has 0 aliphatic carbocycles. The van der Waals surface area contributed by atoms with Crippen molar-refractivity contribution in [1.29, 1.82) is 5.26 Å². The third-order valence-electron chi connectivity index (χ3n) is 4.65. The predicted molar refractivity (Wildman–Crippen MR) is 131 cm³/mol. The van der Waals surface area contributed by atoms with Crippen molar-refractivity contribution in [2.75, 3.05) is 17.7 Å². The van der Waals surface area contributed by atoms with Crippen LogP contribution in [-0.2, 0) is 6.18 Å². The Kier molecular flexibility index (Phi) is 14.2. The van der Waals surface area contributed by atoms with Crippen LogP contribution < -0.4 is 10.6 Å². The Hall–Kier alpha value is -3.08. The molecule has 5 nitrogen and oxygen atoms in total. The Balaban J connectivity index is 0.00000126. The minimum atomic E-state index is -4.52. The van der Waals surface area contributed by atoms with Crippen molar-refractivity contribution in [3.05, 3.63) is 59.0 Å². The molecule has 1 atom stereocenters.